The summed E-state index contributed by atoms with van der Waals surface area (Å²) >= 11 is 1.61. The standard InChI is InChI=1S/C20H24N4OS/c1-13-7-5-6-8-18(13)24-16(4)17(11-22-24)14(2)23-20(25)10-9-19-15(3)21-12-26-19/h5-8,11-12,14H,9-10H2,1-4H3,(H,23,25). The number of para-hydroxylation sites is 1. The number of benzene rings is 1. The van der Waals surface area contributed by atoms with Crippen molar-refractivity contribution in [2.24, 2.45) is 0 Å². The number of carbonyl (C=O) groups is 1. The van der Waals surface area contributed by atoms with Crippen LogP contribution in [0, 0.1) is 20.8 Å². The summed E-state index contributed by atoms with van der Waals surface area (Å²) in [5.41, 5.74) is 7.17. The highest BCUT2D eigenvalue weighted by atomic mass is 32.1. The second-order valence-electron chi connectivity index (χ2n) is 6.53. The van der Waals surface area contributed by atoms with Gasteiger partial charge in [0.1, 0.15) is 0 Å². The van der Waals surface area contributed by atoms with Crippen LogP contribution < -0.4 is 5.32 Å². The predicted molar refractivity (Wildman–Crippen MR) is 105 cm³/mol. The Bertz CT molecular complexity index is 912. The van der Waals surface area contributed by atoms with E-state index in [2.05, 4.69) is 34.5 Å². The van der Waals surface area contributed by atoms with E-state index in [1.54, 1.807) is 11.3 Å². The smallest absolute Gasteiger partial charge is 0.220 e. The summed E-state index contributed by atoms with van der Waals surface area (Å²) in [6.45, 7) is 8.10. The van der Waals surface area contributed by atoms with Crippen molar-refractivity contribution in [3.8, 4) is 5.69 Å². The summed E-state index contributed by atoms with van der Waals surface area (Å²) < 4.78 is 1.94. The first-order valence-corrected chi connectivity index (χ1v) is 9.64. The van der Waals surface area contributed by atoms with Gasteiger partial charge in [-0.05, 0) is 45.7 Å². The van der Waals surface area contributed by atoms with Gasteiger partial charge in [-0.2, -0.15) is 5.10 Å². The Morgan fingerprint density at radius 1 is 1.27 bits per heavy atom. The van der Waals surface area contributed by atoms with E-state index in [4.69, 9.17) is 0 Å². The van der Waals surface area contributed by atoms with E-state index in [0.717, 1.165) is 29.1 Å². The summed E-state index contributed by atoms with van der Waals surface area (Å²) in [7, 11) is 0. The maximum atomic E-state index is 12.3. The normalized spacial score (nSPS) is 12.2. The van der Waals surface area contributed by atoms with Crippen molar-refractivity contribution in [1.29, 1.82) is 0 Å². The third-order valence-corrected chi connectivity index (χ3v) is 5.65. The Morgan fingerprint density at radius 2 is 2.04 bits per heavy atom. The predicted octanol–water partition coefficient (Wildman–Crippen LogP) is 4.06. The van der Waals surface area contributed by atoms with Crippen LogP contribution in [0.4, 0.5) is 0 Å². The van der Waals surface area contributed by atoms with Gasteiger partial charge < -0.3 is 5.32 Å². The molecular formula is C20H24N4OS. The Hall–Kier alpha value is -2.47. The van der Waals surface area contributed by atoms with E-state index in [0.29, 0.717) is 6.42 Å². The van der Waals surface area contributed by atoms with Crippen molar-refractivity contribution >= 4 is 17.2 Å². The van der Waals surface area contributed by atoms with Gasteiger partial charge in [0.15, 0.2) is 0 Å². The first-order valence-electron chi connectivity index (χ1n) is 8.76. The van der Waals surface area contributed by atoms with Gasteiger partial charge in [-0.1, -0.05) is 18.2 Å². The van der Waals surface area contributed by atoms with Gasteiger partial charge in [-0.15, -0.1) is 11.3 Å². The van der Waals surface area contributed by atoms with Crippen LogP contribution >= 0.6 is 11.3 Å². The molecule has 1 unspecified atom stereocenters. The van der Waals surface area contributed by atoms with Crippen LogP contribution in [0.5, 0.6) is 0 Å². The number of nitrogens with zero attached hydrogens (tertiary/aromatic N) is 3. The van der Waals surface area contributed by atoms with Crippen molar-refractivity contribution in [1.82, 2.24) is 20.1 Å². The van der Waals surface area contributed by atoms with Crippen molar-refractivity contribution in [2.45, 2.75) is 46.6 Å². The number of hydrogen-bond donors (Lipinski definition) is 1. The average Bonchev–Trinajstić information content (AvgIpc) is 3.19. The molecule has 1 amide bonds. The molecule has 0 aliphatic carbocycles. The lowest BCUT2D eigenvalue weighted by molar-refractivity contribution is -0.121. The fourth-order valence-electron chi connectivity index (χ4n) is 3.08. The Kier molecular flexibility index (Phi) is 5.52. The number of thiazole rings is 1. The van der Waals surface area contributed by atoms with E-state index in [-0.39, 0.29) is 11.9 Å². The molecular weight excluding hydrogens is 344 g/mol. The molecule has 0 aliphatic rings. The fourth-order valence-corrected chi connectivity index (χ4v) is 3.86. The average molecular weight is 369 g/mol. The first-order chi connectivity index (χ1) is 12.5. The zero-order valence-electron chi connectivity index (χ0n) is 15.6. The molecule has 5 nitrogen and oxygen atoms in total. The van der Waals surface area contributed by atoms with Crippen LogP contribution in [0.25, 0.3) is 5.69 Å². The van der Waals surface area contributed by atoms with Gasteiger partial charge in [0.2, 0.25) is 5.91 Å². The second kappa shape index (κ2) is 7.83. The van der Waals surface area contributed by atoms with E-state index >= 15 is 0 Å². The van der Waals surface area contributed by atoms with Gasteiger partial charge in [0.25, 0.3) is 0 Å². The monoisotopic (exact) mass is 368 g/mol. The number of hydrogen-bond acceptors (Lipinski definition) is 4. The van der Waals surface area contributed by atoms with Gasteiger partial charge in [0, 0.05) is 22.6 Å². The van der Waals surface area contributed by atoms with Crippen LogP contribution in [0.2, 0.25) is 0 Å². The number of amides is 1. The van der Waals surface area contributed by atoms with Crippen LogP contribution in [0.1, 0.15) is 46.8 Å². The topological polar surface area (TPSA) is 59.8 Å². The molecule has 0 aliphatic heterocycles. The highest BCUT2D eigenvalue weighted by Gasteiger charge is 2.17. The molecule has 136 valence electrons. The third kappa shape index (κ3) is 3.85. The molecule has 0 saturated heterocycles. The molecule has 2 heterocycles. The number of nitrogens with one attached hydrogen (secondary N) is 1. The minimum atomic E-state index is -0.0807. The molecule has 1 atom stereocenters. The molecule has 0 fully saturated rings. The minimum Gasteiger partial charge on any atom is -0.349 e. The van der Waals surface area contributed by atoms with Crippen LogP contribution in [0.3, 0.4) is 0 Å². The maximum Gasteiger partial charge on any atom is 0.220 e. The van der Waals surface area contributed by atoms with E-state index in [1.165, 1.54) is 10.4 Å². The van der Waals surface area contributed by atoms with Crippen molar-refractivity contribution in [2.75, 3.05) is 0 Å². The summed E-state index contributed by atoms with van der Waals surface area (Å²) in [6.07, 6.45) is 3.05. The van der Waals surface area contributed by atoms with Crippen LogP contribution in [-0.2, 0) is 11.2 Å². The second-order valence-corrected chi connectivity index (χ2v) is 7.47. The lowest BCUT2D eigenvalue weighted by Crippen LogP contribution is -2.27. The lowest BCUT2D eigenvalue weighted by atomic mass is 10.1. The van der Waals surface area contributed by atoms with Gasteiger partial charge in [0.05, 0.1) is 29.1 Å². The Balaban J connectivity index is 1.67. The van der Waals surface area contributed by atoms with Gasteiger partial charge in [-0.25, -0.2) is 9.67 Å². The molecule has 1 N–H and O–H groups in total. The summed E-state index contributed by atoms with van der Waals surface area (Å²) in [6, 6.07) is 8.08. The number of carbonyl (C=O) groups excluding carboxylic acids is 1. The van der Waals surface area contributed by atoms with Crippen molar-refractivity contribution in [3.05, 3.63) is 63.4 Å². The molecule has 2 aromatic heterocycles. The first kappa shape index (κ1) is 18.3. The molecule has 26 heavy (non-hydrogen) atoms. The number of aryl methyl sites for hydroxylation is 3. The van der Waals surface area contributed by atoms with Gasteiger partial charge >= 0.3 is 0 Å². The van der Waals surface area contributed by atoms with Crippen LogP contribution in [0.15, 0.2) is 36.0 Å². The minimum absolute atomic E-state index is 0.0494. The Morgan fingerprint density at radius 3 is 2.73 bits per heavy atom. The van der Waals surface area contributed by atoms with Crippen molar-refractivity contribution in [3.63, 3.8) is 0 Å². The molecule has 0 bridgehead atoms. The molecule has 1 aromatic carbocycles. The number of aromatic nitrogens is 3. The lowest BCUT2D eigenvalue weighted by Gasteiger charge is -2.14. The number of rotatable bonds is 6. The van der Waals surface area contributed by atoms with Crippen molar-refractivity contribution < 1.29 is 4.79 Å². The summed E-state index contributed by atoms with van der Waals surface area (Å²) in [4.78, 5) is 17.7. The fraction of sp³-hybridized carbons (Fsp3) is 0.350. The van der Waals surface area contributed by atoms with Crippen LogP contribution in [-0.4, -0.2) is 20.7 Å². The summed E-state index contributed by atoms with van der Waals surface area (Å²) in [5.74, 6) is 0.0494. The zero-order chi connectivity index (χ0) is 18.7. The Labute approximate surface area is 158 Å². The van der Waals surface area contributed by atoms with Gasteiger partial charge in [-0.3, -0.25) is 4.79 Å². The molecule has 0 spiro atoms. The third-order valence-electron chi connectivity index (χ3n) is 4.66. The highest BCUT2D eigenvalue weighted by molar-refractivity contribution is 7.09. The van der Waals surface area contributed by atoms with E-state index < -0.39 is 0 Å². The van der Waals surface area contributed by atoms with E-state index in [9.17, 15) is 4.79 Å². The zero-order valence-corrected chi connectivity index (χ0v) is 16.4. The van der Waals surface area contributed by atoms with E-state index in [1.807, 2.05) is 49.3 Å². The molecule has 0 saturated carbocycles. The highest BCUT2D eigenvalue weighted by Crippen LogP contribution is 2.22. The molecule has 3 aromatic rings. The largest absolute Gasteiger partial charge is 0.349 e. The quantitative estimate of drug-likeness (QED) is 0.714. The summed E-state index contributed by atoms with van der Waals surface area (Å²) in [5, 5.41) is 7.62. The SMILES string of the molecule is Cc1ccccc1-n1ncc(C(C)NC(=O)CCc2scnc2C)c1C. The molecule has 6 heteroatoms. The molecule has 0 radical (unpaired) electrons. The maximum absolute atomic E-state index is 12.3. The molecule has 3 rings (SSSR count).